The molecule has 0 amide bonds. The molecule has 1 aromatic carbocycles. The molecular formula is C15H9Cl2NO3. The van der Waals surface area contributed by atoms with E-state index in [0.29, 0.717) is 27.1 Å². The number of rotatable bonds is 1. The molecule has 1 aliphatic heterocycles. The number of cyclic esters (lactones) is 1. The Morgan fingerprint density at radius 1 is 1.14 bits per heavy atom. The van der Waals surface area contributed by atoms with Crippen LogP contribution in [-0.2, 0) is 4.74 Å². The van der Waals surface area contributed by atoms with Crippen LogP contribution in [0.5, 0.6) is 0 Å². The summed E-state index contributed by atoms with van der Waals surface area (Å²) in [5.74, 6) is -0.333. The number of hydrogen-bond acceptors (Lipinski definition) is 3. The van der Waals surface area contributed by atoms with Crippen molar-refractivity contribution >= 4 is 41.0 Å². The molecule has 3 rings (SSSR count). The van der Waals surface area contributed by atoms with E-state index in [1.807, 2.05) is 0 Å². The van der Waals surface area contributed by atoms with Gasteiger partial charge in [-0.3, -0.25) is 4.79 Å². The second-order valence-corrected chi connectivity index (χ2v) is 5.46. The zero-order valence-electron chi connectivity index (χ0n) is 10.9. The summed E-state index contributed by atoms with van der Waals surface area (Å²) >= 11 is 11.8. The minimum atomic E-state index is -0.655. The molecule has 106 valence electrons. The fraction of sp³-hybridized carbons (Fsp3) is 0.0667. The Bertz CT molecular complexity index is 852. The van der Waals surface area contributed by atoms with Gasteiger partial charge < -0.3 is 9.72 Å². The number of aryl methyl sites for hydroxylation is 1. The summed E-state index contributed by atoms with van der Waals surface area (Å²) in [5.41, 5.74) is 1.42. The van der Waals surface area contributed by atoms with E-state index in [1.54, 1.807) is 37.3 Å². The molecule has 0 bridgehead atoms. The molecule has 0 saturated heterocycles. The highest BCUT2D eigenvalue weighted by molar-refractivity contribution is 6.42. The number of benzene rings is 1. The molecule has 1 aromatic heterocycles. The van der Waals surface area contributed by atoms with E-state index in [-0.39, 0.29) is 5.56 Å². The van der Waals surface area contributed by atoms with Gasteiger partial charge in [0.25, 0.3) is 5.56 Å². The maximum atomic E-state index is 11.8. The number of ether oxygens (including phenoxy) is 1. The van der Waals surface area contributed by atoms with Crippen LogP contribution in [0.4, 0.5) is 0 Å². The average molecular weight is 322 g/mol. The first kappa shape index (κ1) is 13.9. The van der Waals surface area contributed by atoms with Crippen LogP contribution in [-0.4, -0.2) is 11.0 Å². The largest absolute Gasteiger partial charge is 0.422 e. The molecule has 21 heavy (non-hydrogen) atoms. The predicted molar refractivity (Wildman–Crippen MR) is 81.5 cm³/mol. The van der Waals surface area contributed by atoms with Gasteiger partial charge in [0.1, 0.15) is 11.3 Å². The zero-order chi connectivity index (χ0) is 15.1. The quantitative estimate of drug-likeness (QED) is 0.815. The summed E-state index contributed by atoms with van der Waals surface area (Å²) in [6.45, 7) is 1.74. The molecule has 1 aliphatic rings. The fourth-order valence-corrected chi connectivity index (χ4v) is 2.46. The topological polar surface area (TPSA) is 59.2 Å². The Labute approximate surface area is 130 Å². The molecule has 2 heterocycles. The molecule has 0 atom stereocenters. The van der Waals surface area contributed by atoms with E-state index in [9.17, 15) is 9.59 Å². The van der Waals surface area contributed by atoms with Crippen molar-refractivity contribution in [2.45, 2.75) is 6.92 Å². The molecule has 0 aliphatic carbocycles. The van der Waals surface area contributed by atoms with Crippen LogP contribution in [0.15, 0.2) is 29.1 Å². The van der Waals surface area contributed by atoms with Gasteiger partial charge in [-0.15, -0.1) is 0 Å². The number of hydrogen-bond donors (Lipinski definition) is 1. The predicted octanol–water partition coefficient (Wildman–Crippen LogP) is 3.66. The minimum Gasteiger partial charge on any atom is -0.422 e. The molecular weight excluding hydrogens is 313 g/mol. The Kier molecular flexibility index (Phi) is 3.35. The maximum Gasteiger partial charge on any atom is 0.349 e. The fourth-order valence-electron chi connectivity index (χ4n) is 2.15. The van der Waals surface area contributed by atoms with Crippen molar-refractivity contribution in [1.82, 2.24) is 4.98 Å². The second kappa shape index (κ2) is 5.06. The van der Waals surface area contributed by atoms with Gasteiger partial charge in [-0.25, -0.2) is 4.79 Å². The van der Waals surface area contributed by atoms with Crippen LogP contribution in [0.2, 0.25) is 10.0 Å². The average Bonchev–Trinajstić information content (AvgIpc) is 2.70. The molecule has 0 unspecified atom stereocenters. The van der Waals surface area contributed by atoms with Crippen LogP contribution in [0.25, 0.3) is 11.8 Å². The summed E-state index contributed by atoms with van der Waals surface area (Å²) in [4.78, 5) is 26.2. The Balaban J connectivity index is 2.14. The van der Waals surface area contributed by atoms with Gasteiger partial charge in [-0.2, -0.15) is 0 Å². The number of fused-ring (bicyclic) bond motifs is 1. The van der Waals surface area contributed by atoms with Gasteiger partial charge in [0.05, 0.1) is 10.0 Å². The van der Waals surface area contributed by atoms with E-state index in [2.05, 4.69) is 4.98 Å². The van der Waals surface area contributed by atoms with Gasteiger partial charge in [0.15, 0.2) is 0 Å². The van der Waals surface area contributed by atoms with Crippen LogP contribution < -0.4 is 5.56 Å². The Morgan fingerprint density at radius 2 is 1.90 bits per heavy atom. The second-order valence-electron chi connectivity index (χ2n) is 4.64. The maximum absolute atomic E-state index is 11.8. The molecule has 0 spiro atoms. The summed E-state index contributed by atoms with van der Waals surface area (Å²) in [7, 11) is 0. The third kappa shape index (κ3) is 2.48. The van der Waals surface area contributed by atoms with Gasteiger partial charge in [-0.1, -0.05) is 29.3 Å². The van der Waals surface area contributed by atoms with Crippen molar-refractivity contribution in [1.29, 1.82) is 0 Å². The number of H-pyrrole nitrogens is 1. The van der Waals surface area contributed by atoms with E-state index >= 15 is 0 Å². The highest BCUT2D eigenvalue weighted by Gasteiger charge is 2.30. The molecule has 0 radical (unpaired) electrons. The summed E-state index contributed by atoms with van der Waals surface area (Å²) in [5, 5.41) is 0.840. The highest BCUT2D eigenvalue weighted by atomic mass is 35.5. The van der Waals surface area contributed by atoms with Crippen LogP contribution in [0.3, 0.4) is 0 Å². The number of aromatic amines is 1. The molecule has 1 N–H and O–H groups in total. The summed E-state index contributed by atoms with van der Waals surface area (Å²) < 4.78 is 5.17. The molecule has 6 heteroatoms. The van der Waals surface area contributed by atoms with Crippen molar-refractivity contribution in [3.8, 4) is 0 Å². The Morgan fingerprint density at radius 3 is 2.62 bits per heavy atom. The first-order chi connectivity index (χ1) is 9.95. The smallest absolute Gasteiger partial charge is 0.349 e. The van der Waals surface area contributed by atoms with Crippen molar-refractivity contribution in [3.63, 3.8) is 0 Å². The number of carbonyl (C=O) groups excluding carboxylic acids is 1. The van der Waals surface area contributed by atoms with E-state index in [1.165, 1.54) is 0 Å². The third-order valence-electron chi connectivity index (χ3n) is 3.08. The lowest BCUT2D eigenvalue weighted by Gasteiger charge is -2.01. The van der Waals surface area contributed by atoms with Crippen molar-refractivity contribution in [2.24, 2.45) is 0 Å². The van der Waals surface area contributed by atoms with Gasteiger partial charge >= 0.3 is 5.97 Å². The monoisotopic (exact) mass is 321 g/mol. The minimum absolute atomic E-state index is 0.0203. The first-order valence-electron chi connectivity index (χ1n) is 6.09. The lowest BCUT2D eigenvalue weighted by molar-refractivity contribution is 0.0715. The number of nitrogens with one attached hydrogen (secondary N) is 1. The van der Waals surface area contributed by atoms with E-state index in [0.717, 1.165) is 5.56 Å². The molecule has 0 saturated carbocycles. The van der Waals surface area contributed by atoms with Crippen molar-refractivity contribution < 1.29 is 9.53 Å². The molecule has 2 aromatic rings. The van der Waals surface area contributed by atoms with Crippen molar-refractivity contribution in [3.05, 3.63) is 67.0 Å². The number of halogens is 2. The number of aromatic nitrogens is 1. The molecule has 4 nitrogen and oxygen atoms in total. The van der Waals surface area contributed by atoms with E-state index in [4.69, 9.17) is 27.9 Å². The zero-order valence-corrected chi connectivity index (χ0v) is 12.4. The lowest BCUT2D eigenvalue weighted by Crippen LogP contribution is -2.16. The number of pyridine rings is 1. The molecule has 0 fully saturated rings. The first-order valence-corrected chi connectivity index (χ1v) is 6.84. The number of esters is 1. The van der Waals surface area contributed by atoms with Crippen molar-refractivity contribution in [2.75, 3.05) is 0 Å². The highest BCUT2D eigenvalue weighted by Crippen LogP contribution is 2.31. The van der Waals surface area contributed by atoms with Crippen LogP contribution >= 0.6 is 23.2 Å². The van der Waals surface area contributed by atoms with Gasteiger partial charge in [-0.05, 0) is 36.8 Å². The lowest BCUT2D eigenvalue weighted by atomic mass is 10.1. The number of carbonyl (C=O) groups is 1. The summed E-state index contributed by atoms with van der Waals surface area (Å²) in [6, 6.07) is 6.75. The van der Waals surface area contributed by atoms with Gasteiger partial charge in [0, 0.05) is 11.3 Å². The van der Waals surface area contributed by atoms with Crippen LogP contribution in [0.1, 0.15) is 27.2 Å². The SMILES string of the molecule is Cc1cc2c(c(=O)[nH]1)C(=O)O/C2=C\c1ccc(Cl)c(Cl)c1. The van der Waals surface area contributed by atoms with Crippen LogP contribution in [0, 0.1) is 6.92 Å². The summed E-state index contributed by atoms with van der Waals surface area (Å²) in [6.07, 6.45) is 1.64. The van der Waals surface area contributed by atoms with E-state index < -0.39 is 11.5 Å². The third-order valence-corrected chi connectivity index (χ3v) is 3.82. The normalized spacial score (nSPS) is 15.2. The standard InChI is InChI=1S/C15H9Cl2NO3/c1-7-4-9-12(21-15(20)13(9)14(19)18-7)6-8-2-3-10(16)11(17)5-8/h2-6H,1H3,(H,18,19)/b12-6-. The Hall–Kier alpha value is -2.04. The van der Waals surface area contributed by atoms with Gasteiger partial charge in [0.2, 0.25) is 0 Å².